The van der Waals surface area contributed by atoms with E-state index < -0.39 is 10.8 Å². The summed E-state index contributed by atoms with van der Waals surface area (Å²) in [6, 6.07) is 52.0. The van der Waals surface area contributed by atoms with Crippen LogP contribution in [0.3, 0.4) is 0 Å². The minimum absolute atomic E-state index is 0. The Morgan fingerprint density at radius 2 is 0.879 bits per heavy atom. The number of nitrogens with zero attached hydrogens (tertiary/aromatic N) is 10. The van der Waals surface area contributed by atoms with Gasteiger partial charge in [-0.1, -0.05) is 91.1 Å². The SMILES string of the molecule is CC1=C(C)[N+](c2[c-]c(C3(c4cc[n-]n4)c4ccccc4-c4ccncc43)ccc2)=C=[N+]1C.CC1=C(C)[N+](c2[c-]c(C3(c4cc[n-]n4)c4ccccc4-c4ccncc43)ccc2)=C=[N+]1C.[Pt+2].[Pt+2]. The van der Waals surface area contributed by atoms with Gasteiger partial charge in [0.2, 0.25) is 0 Å². The van der Waals surface area contributed by atoms with Crippen molar-refractivity contribution in [1.29, 1.82) is 0 Å². The molecular weight excluding hydrogens is 1180 g/mol. The molecule has 4 aromatic carbocycles. The van der Waals surface area contributed by atoms with Gasteiger partial charge in [0.05, 0.1) is 10.8 Å². The summed E-state index contributed by atoms with van der Waals surface area (Å²) in [6.45, 7) is 8.41. The predicted octanol–water partition coefficient (Wildman–Crippen LogP) is 8.64. The maximum atomic E-state index is 4.57. The van der Waals surface area contributed by atoms with E-state index >= 15 is 0 Å². The molecule has 0 N–H and O–H groups in total. The first-order chi connectivity index (χ1) is 31.2. The van der Waals surface area contributed by atoms with Gasteiger partial charge in [-0.25, -0.2) is 0 Å². The third-order valence-corrected chi connectivity index (χ3v) is 13.5. The molecular formula is C54H42N10Pt2+4. The monoisotopic (exact) mass is 1220 g/mol. The van der Waals surface area contributed by atoms with E-state index in [1.807, 2.05) is 60.2 Å². The zero-order valence-electron chi connectivity index (χ0n) is 37.0. The smallest absolute Gasteiger partial charge is 0.581 e. The fraction of sp³-hybridized carbons (Fsp3) is 0.148. The first kappa shape index (κ1) is 44.4. The van der Waals surface area contributed by atoms with E-state index in [-0.39, 0.29) is 42.1 Å². The van der Waals surface area contributed by atoms with Crippen molar-refractivity contribution in [1.82, 2.24) is 30.4 Å². The van der Waals surface area contributed by atoms with E-state index in [1.165, 1.54) is 44.8 Å². The van der Waals surface area contributed by atoms with Gasteiger partial charge in [-0.15, -0.1) is 23.3 Å². The second kappa shape index (κ2) is 17.2. The maximum Gasteiger partial charge on any atom is 2.00 e. The Labute approximate surface area is 412 Å². The van der Waals surface area contributed by atoms with Crippen molar-refractivity contribution < 1.29 is 60.4 Å². The minimum Gasteiger partial charge on any atom is -0.581 e. The number of fused-ring (bicyclic) bond motifs is 6. The van der Waals surface area contributed by atoms with Crippen LogP contribution < -0.4 is 10.2 Å². The largest absolute Gasteiger partial charge is 2.00 e. The van der Waals surface area contributed by atoms with Crippen LogP contribution in [0.15, 0.2) is 169 Å². The number of benzene rings is 4. The topological polar surface area (TPSA) is 91.8 Å². The first-order valence-electron chi connectivity index (χ1n) is 21.2. The molecule has 6 heterocycles. The van der Waals surface area contributed by atoms with Gasteiger partial charge in [-0.2, -0.15) is 36.7 Å². The van der Waals surface area contributed by atoms with Gasteiger partial charge in [0, 0.05) is 63.9 Å². The molecule has 0 bridgehead atoms. The van der Waals surface area contributed by atoms with Crippen LogP contribution in [0.25, 0.3) is 22.3 Å². The number of pyridine rings is 2. The summed E-state index contributed by atoms with van der Waals surface area (Å²) in [5.41, 5.74) is 18.3. The molecule has 0 saturated carbocycles. The van der Waals surface area contributed by atoms with Crippen molar-refractivity contribution in [2.45, 2.75) is 38.5 Å². The van der Waals surface area contributed by atoms with Gasteiger partial charge in [0.25, 0.3) is 22.8 Å². The summed E-state index contributed by atoms with van der Waals surface area (Å²) < 4.78 is 8.15. The van der Waals surface area contributed by atoms with Crippen molar-refractivity contribution in [3.05, 3.63) is 226 Å². The molecule has 10 nitrogen and oxygen atoms in total. The Balaban J connectivity index is 0.000000161. The Kier molecular flexibility index (Phi) is 11.6. The Morgan fingerprint density at radius 3 is 1.26 bits per heavy atom. The van der Waals surface area contributed by atoms with Crippen LogP contribution in [0.4, 0.5) is 11.4 Å². The molecule has 66 heavy (non-hydrogen) atoms. The van der Waals surface area contributed by atoms with Crippen LogP contribution >= 0.6 is 0 Å². The Hall–Kier alpha value is -6.78. The van der Waals surface area contributed by atoms with Crippen LogP contribution in [0.5, 0.6) is 0 Å². The molecule has 2 unspecified atom stereocenters. The zero-order valence-corrected chi connectivity index (χ0v) is 41.5. The molecule has 324 valence electrons. The Bertz CT molecular complexity index is 3120. The first-order valence-corrected chi connectivity index (χ1v) is 21.2. The van der Waals surface area contributed by atoms with Crippen molar-refractivity contribution in [3.8, 4) is 22.3 Å². The van der Waals surface area contributed by atoms with E-state index in [0.717, 1.165) is 56.4 Å². The number of aromatic nitrogens is 6. The molecule has 12 heteroatoms. The molecule has 2 aliphatic heterocycles. The molecule has 0 spiro atoms. The summed E-state index contributed by atoms with van der Waals surface area (Å²) in [5, 5.41) is 17.5. The zero-order chi connectivity index (χ0) is 43.7. The van der Waals surface area contributed by atoms with E-state index in [2.05, 4.69) is 188 Å². The molecule has 8 aromatic rings. The van der Waals surface area contributed by atoms with Crippen molar-refractivity contribution >= 4 is 23.4 Å². The van der Waals surface area contributed by atoms with Crippen LogP contribution in [-0.2, 0) is 53.0 Å². The van der Waals surface area contributed by atoms with Gasteiger partial charge < -0.3 is 20.4 Å². The fourth-order valence-electron chi connectivity index (χ4n) is 10.0. The van der Waals surface area contributed by atoms with Gasteiger partial charge in [-0.3, -0.25) is 9.97 Å². The van der Waals surface area contributed by atoms with Crippen molar-refractivity contribution in [2.24, 2.45) is 0 Å². The van der Waals surface area contributed by atoms with Crippen molar-refractivity contribution in [3.63, 3.8) is 0 Å². The van der Waals surface area contributed by atoms with Gasteiger partial charge in [0.1, 0.15) is 11.4 Å². The number of hydrogen-bond acceptors (Lipinski definition) is 4. The molecule has 0 saturated heterocycles. The average molecular weight is 1220 g/mol. The summed E-state index contributed by atoms with van der Waals surface area (Å²) >= 11 is 0. The van der Waals surface area contributed by atoms with Crippen LogP contribution in [0, 0.1) is 12.1 Å². The average Bonchev–Trinajstić information content (AvgIpc) is 4.22. The van der Waals surface area contributed by atoms with Crippen LogP contribution in [0.2, 0.25) is 0 Å². The Morgan fingerprint density at radius 1 is 0.470 bits per heavy atom. The number of allylic oxidation sites excluding steroid dienone is 4. The van der Waals surface area contributed by atoms with E-state index in [0.29, 0.717) is 0 Å². The molecule has 2 aliphatic carbocycles. The normalized spacial score (nSPS) is 18.4. The molecule has 4 aliphatic rings. The minimum atomic E-state index is -0.634. The van der Waals surface area contributed by atoms with E-state index in [4.69, 9.17) is 0 Å². The second-order valence-corrected chi connectivity index (χ2v) is 16.5. The van der Waals surface area contributed by atoms with Crippen LogP contribution in [-0.4, -0.2) is 64.6 Å². The van der Waals surface area contributed by atoms with Gasteiger partial charge in [-0.05, 0) is 56.6 Å². The van der Waals surface area contributed by atoms with Crippen LogP contribution in [0.1, 0.15) is 72.5 Å². The molecule has 0 radical (unpaired) electrons. The quantitative estimate of drug-likeness (QED) is 0.122. The summed E-state index contributed by atoms with van der Waals surface area (Å²) in [5.74, 6) is 0. The second-order valence-electron chi connectivity index (χ2n) is 16.5. The fourth-order valence-corrected chi connectivity index (χ4v) is 10.0. The maximum absolute atomic E-state index is 4.57. The molecule has 2 atom stereocenters. The summed E-state index contributed by atoms with van der Waals surface area (Å²) in [7, 11) is 4.03. The summed E-state index contributed by atoms with van der Waals surface area (Å²) in [4.78, 5) is 9.01. The molecule has 0 amide bonds. The third-order valence-electron chi connectivity index (χ3n) is 13.5. The third kappa shape index (κ3) is 6.47. The van der Waals surface area contributed by atoms with Gasteiger partial charge >= 0.3 is 54.1 Å². The van der Waals surface area contributed by atoms with Gasteiger partial charge in [0.15, 0.2) is 14.1 Å². The van der Waals surface area contributed by atoms with E-state index in [1.54, 1.807) is 12.4 Å². The predicted molar refractivity (Wildman–Crippen MR) is 242 cm³/mol. The van der Waals surface area contributed by atoms with E-state index in [9.17, 15) is 0 Å². The number of hydrogen-bond donors (Lipinski definition) is 0. The standard InChI is InChI=1S/2C27H21N5.2Pt/c2*1-18-19(2)32(17-31(18)3)21-8-6-7-20(15-21)27(26-12-14-29-30-26)24-10-5-4-9-22(24)23-11-13-28-16-25(23)27;;/h2*4-14,16H,1-3H3;;/q;;2*+2. The molecule has 12 rings (SSSR count). The summed E-state index contributed by atoms with van der Waals surface area (Å²) in [6.07, 6.45) is 11.1. The molecule has 0 fully saturated rings. The number of rotatable bonds is 6. The van der Waals surface area contributed by atoms with Crippen molar-refractivity contribution in [2.75, 3.05) is 14.1 Å². The molecule has 4 aromatic heterocycles.